The van der Waals surface area contributed by atoms with E-state index < -0.39 is 0 Å². The van der Waals surface area contributed by atoms with Crippen LogP contribution in [0.25, 0.3) is 0 Å². The van der Waals surface area contributed by atoms with E-state index in [0.717, 1.165) is 0 Å². The molecular formula is C2H6NP. The van der Waals surface area contributed by atoms with E-state index in [4.69, 9.17) is 0 Å². The van der Waals surface area contributed by atoms with Gasteiger partial charge < -0.3 is 0 Å². The van der Waals surface area contributed by atoms with E-state index in [-0.39, 0.29) is 0 Å². The molecule has 0 spiro atoms. The van der Waals surface area contributed by atoms with Gasteiger partial charge in [0.15, 0.2) is 0 Å². The van der Waals surface area contributed by atoms with Crippen LogP contribution in [0.1, 0.15) is 0 Å². The molecule has 0 aromatic rings. The Hall–Kier alpha value is 0.100. The highest BCUT2D eigenvalue weighted by molar-refractivity contribution is 7.36. The molecular weight excluding hydrogens is 69.0 g/mol. The SMILES string of the molecule is C/N=C/P. The van der Waals surface area contributed by atoms with Crippen LogP contribution in [0, 0.1) is 0 Å². The summed E-state index contributed by atoms with van der Waals surface area (Å²) in [5.74, 6) is 1.67. The van der Waals surface area contributed by atoms with Crippen LogP contribution in [-0.2, 0) is 0 Å². The van der Waals surface area contributed by atoms with Gasteiger partial charge in [0.05, 0.1) is 0 Å². The summed E-state index contributed by atoms with van der Waals surface area (Å²) >= 11 is 0. The quantitative estimate of drug-likeness (QED) is 0.294. The van der Waals surface area contributed by atoms with Crippen molar-refractivity contribution in [3.63, 3.8) is 0 Å². The van der Waals surface area contributed by atoms with Crippen LogP contribution in [0.5, 0.6) is 0 Å². The highest BCUT2D eigenvalue weighted by Gasteiger charge is 1.32. The molecule has 0 aliphatic carbocycles. The molecule has 0 saturated carbocycles. The lowest BCUT2D eigenvalue weighted by molar-refractivity contribution is 1.49. The molecule has 1 atom stereocenters. The summed E-state index contributed by atoms with van der Waals surface area (Å²) in [6, 6.07) is 0. The number of nitrogens with zero attached hydrogens (tertiary/aromatic N) is 1. The third-order valence-electron chi connectivity index (χ3n) is 0.149. The Morgan fingerprint density at radius 2 is 2.25 bits per heavy atom. The topological polar surface area (TPSA) is 12.4 Å². The molecule has 0 fully saturated rings. The van der Waals surface area contributed by atoms with Crippen molar-refractivity contribution in [1.82, 2.24) is 0 Å². The Bertz CT molecular complexity index is 21.2. The van der Waals surface area contributed by atoms with Crippen molar-refractivity contribution in [2.75, 3.05) is 7.05 Å². The van der Waals surface area contributed by atoms with Gasteiger partial charge in [0, 0.05) is 13.0 Å². The Balaban J connectivity index is 2.55. The molecule has 0 bridgehead atoms. The number of hydrogen-bond acceptors (Lipinski definition) is 1. The second-order valence-electron chi connectivity index (χ2n) is 0.407. The highest BCUT2D eigenvalue weighted by atomic mass is 31.0. The van der Waals surface area contributed by atoms with E-state index in [1.807, 2.05) is 0 Å². The predicted molar refractivity (Wildman–Crippen MR) is 24.1 cm³/mol. The van der Waals surface area contributed by atoms with Gasteiger partial charge in [-0.3, -0.25) is 4.99 Å². The van der Waals surface area contributed by atoms with Gasteiger partial charge in [0.2, 0.25) is 0 Å². The molecule has 0 aromatic carbocycles. The third-order valence-corrected chi connectivity index (χ3v) is 0.447. The zero-order valence-electron chi connectivity index (χ0n) is 2.60. The molecule has 0 heterocycles. The van der Waals surface area contributed by atoms with Crippen LogP contribution in [0.15, 0.2) is 4.99 Å². The van der Waals surface area contributed by atoms with E-state index in [0.29, 0.717) is 0 Å². The summed E-state index contributed by atoms with van der Waals surface area (Å²) in [6.45, 7) is 0. The van der Waals surface area contributed by atoms with Gasteiger partial charge in [-0.15, -0.1) is 0 Å². The van der Waals surface area contributed by atoms with Gasteiger partial charge in [-0.1, -0.05) is 9.24 Å². The Morgan fingerprint density at radius 1 is 2.00 bits per heavy atom. The van der Waals surface area contributed by atoms with Crippen molar-refractivity contribution in [3.05, 3.63) is 0 Å². The molecule has 0 rings (SSSR count). The summed E-state index contributed by atoms with van der Waals surface area (Å²) in [5.41, 5.74) is 0. The highest BCUT2D eigenvalue weighted by Crippen LogP contribution is 1.62. The summed E-state index contributed by atoms with van der Waals surface area (Å²) in [4.78, 5) is 3.57. The number of aliphatic imine (C=N–C) groups is 1. The zero-order chi connectivity index (χ0) is 3.41. The fraction of sp³-hybridized carbons (Fsp3) is 0.500. The molecule has 0 saturated heterocycles. The monoisotopic (exact) mass is 75.0 g/mol. The fourth-order valence-corrected chi connectivity index (χ4v) is 0. The van der Waals surface area contributed by atoms with Gasteiger partial charge in [0.1, 0.15) is 0 Å². The average molecular weight is 75.1 g/mol. The molecule has 1 nitrogen and oxygen atoms in total. The molecule has 0 aliphatic heterocycles. The standard InChI is InChI=1S/C2H6NP/c1-3-2-4/h2H,4H2,1H3/b3-2+. The first-order valence-electron chi connectivity index (χ1n) is 1.04. The van der Waals surface area contributed by atoms with Crippen LogP contribution in [0.3, 0.4) is 0 Å². The molecule has 4 heavy (non-hydrogen) atoms. The Morgan fingerprint density at radius 3 is 2.25 bits per heavy atom. The van der Waals surface area contributed by atoms with Gasteiger partial charge in [0.25, 0.3) is 0 Å². The second-order valence-corrected chi connectivity index (χ2v) is 0.705. The second kappa shape index (κ2) is 3.10. The third kappa shape index (κ3) is 2.10. The van der Waals surface area contributed by atoms with E-state index in [2.05, 4.69) is 14.2 Å². The molecule has 1 unspecified atom stereocenters. The van der Waals surface area contributed by atoms with Crippen molar-refractivity contribution >= 4 is 15.2 Å². The lowest BCUT2D eigenvalue weighted by Gasteiger charge is -1.53. The molecule has 0 N–H and O–H groups in total. The largest absolute Gasteiger partial charge is 0.297 e. The van der Waals surface area contributed by atoms with Crippen LogP contribution in [0.2, 0.25) is 0 Å². The average Bonchev–Trinajstić information content (AvgIpc) is 1.37. The van der Waals surface area contributed by atoms with Gasteiger partial charge in [-0.2, -0.15) is 0 Å². The smallest absolute Gasteiger partial charge is 0.0277 e. The minimum atomic E-state index is 1.67. The van der Waals surface area contributed by atoms with Crippen molar-refractivity contribution in [2.24, 2.45) is 4.99 Å². The van der Waals surface area contributed by atoms with Crippen LogP contribution in [-0.4, -0.2) is 13.0 Å². The zero-order valence-corrected chi connectivity index (χ0v) is 3.76. The molecule has 24 valence electrons. The first-order chi connectivity index (χ1) is 1.91. The van der Waals surface area contributed by atoms with E-state index in [1.165, 1.54) is 0 Å². The Labute approximate surface area is 28.3 Å². The minimum Gasteiger partial charge on any atom is -0.297 e. The Kier molecular flexibility index (Phi) is 3.18. The summed E-state index contributed by atoms with van der Waals surface area (Å²) in [5, 5.41) is 0. The molecule has 0 radical (unpaired) electrons. The van der Waals surface area contributed by atoms with Crippen LogP contribution < -0.4 is 0 Å². The summed E-state index contributed by atoms with van der Waals surface area (Å²) < 4.78 is 0. The lowest BCUT2D eigenvalue weighted by atomic mass is 11.4. The number of rotatable bonds is 0. The van der Waals surface area contributed by atoms with Gasteiger partial charge in [-0.25, -0.2) is 0 Å². The van der Waals surface area contributed by atoms with Crippen LogP contribution in [0.4, 0.5) is 0 Å². The summed E-state index contributed by atoms with van der Waals surface area (Å²) in [6.07, 6.45) is 0. The van der Waals surface area contributed by atoms with Gasteiger partial charge in [-0.05, 0) is 0 Å². The van der Waals surface area contributed by atoms with E-state index in [1.54, 1.807) is 13.0 Å². The van der Waals surface area contributed by atoms with Crippen molar-refractivity contribution in [3.8, 4) is 0 Å². The fourth-order valence-electron chi connectivity index (χ4n) is 0. The maximum Gasteiger partial charge on any atom is 0.0277 e. The normalized spacial score (nSPS) is 9.50. The maximum atomic E-state index is 3.57. The minimum absolute atomic E-state index is 1.67. The van der Waals surface area contributed by atoms with Crippen molar-refractivity contribution < 1.29 is 0 Å². The van der Waals surface area contributed by atoms with Crippen LogP contribution >= 0.6 is 9.24 Å². The molecule has 0 aliphatic rings. The first-order valence-corrected chi connectivity index (χ1v) is 1.71. The first kappa shape index (κ1) is 4.10. The maximum absolute atomic E-state index is 3.57. The summed E-state index contributed by atoms with van der Waals surface area (Å²) in [7, 11) is 4.09. The van der Waals surface area contributed by atoms with Crippen molar-refractivity contribution in [1.29, 1.82) is 0 Å². The van der Waals surface area contributed by atoms with E-state index in [9.17, 15) is 0 Å². The predicted octanol–water partition coefficient (Wildman–Crippen LogP) is 0.520. The van der Waals surface area contributed by atoms with E-state index >= 15 is 0 Å². The van der Waals surface area contributed by atoms with Crippen molar-refractivity contribution in [2.45, 2.75) is 0 Å². The number of hydrogen-bond donors (Lipinski definition) is 0. The molecule has 0 amide bonds. The lowest BCUT2D eigenvalue weighted by Crippen LogP contribution is -1.40. The molecule has 0 aromatic heterocycles. The van der Waals surface area contributed by atoms with Gasteiger partial charge >= 0.3 is 0 Å². The molecule has 2 heteroatoms.